The van der Waals surface area contributed by atoms with E-state index in [9.17, 15) is 0 Å². The Bertz CT molecular complexity index is 211. The van der Waals surface area contributed by atoms with Gasteiger partial charge in [-0.05, 0) is 13.3 Å². The molecule has 1 unspecified atom stereocenters. The van der Waals surface area contributed by atoms with Crippen molar-refractivity contribution in [2.24, 2.45) is 4.99 Å². The van der Waals surface area contributed by atoms with Crippen molar-refractivity contribution in [3.05, 3.63) is 0 Å². The van der Waals surface area contributed by atoms with Crippen molar-refractivity contribution in [3.8, 4) is 0 Å². The number of hydrogen-bond donors (Lipinski definition) is 1. The fourth-order valence-corrected chi connectivity index (χ4v) is 2.38. The Morgan fingerprint density at radius 2 is 1.59 bits per heavy atom. The summed E-state index contributed by atoms with van der Waals surface area (Å²) < 4.78 is 0. The van der Waals surface area contributed by atoms with Gasteiger partial charge in [0, 0.05) is 13.0 Å². The molecule has 1 aliphatic heterocycles. The lowest BCUT2D eigenvalue weighted by molar-refractivity contribution is 0.568. The third-order valence-corrected chi connectivity index (χ3v) is 3.49. The highest BCUT2D eigenvalue weighted by atomic mass is 15.1. The maximum atomic E-state index is 4.56. The van der Waals surface area contributed by atoms with E-state index in [-0.39, 0.29) is 0 Å². The molecular weight excluding hydrogens is 208 g/mol. The first-order chi connectivity index (χ1) is 8.33. The lowest BCUT2D eigenvalue weighted by Crippen LogP contribution is -2.19. The van der Waals surface area contributed by atoms with Crippen molar-refractivity contribution in [3.63, 3.8) is 0 Å². The number of aliphatic imine (C=N–C) groups is 1. The van der Waals surface area contributed by atoms with Gasteiger partial charge >= 0.3 is 0 Å². The largest absolute Gasteiger partial charge is 0.372 e. The van der Waals surface area contributed by atoms with Crippen LogP contribution in [0.2, 0.25) is 0 Å². The molecule has 0 aromatic heterocycles. The third kappa shape index (κ3) is 7.40. The van der Waals surface area contributed by atoms with Gasteiger partial charge in [-0.2, -0.15) is 0 Å². The summed E-state index contributed by atoms with van der Waals surface area (Å²) in [6.45, 7) is 5.50. The highest BCUT2D eigenvalue weighted by Gasteiger charge is 2.10. The van der Waals surface area contributed by atoms with Gasteiger partial charge in [-0.15, -0.1) is 0 Å². The monoisotopic (exact) mass is 238 g/mol. The van der Waals surface area contributed by atoms with Gasteiger partial charge in [0.05, 0.1) is 11.9 Å². The van der Waals surface area contributed by atoms with E-state index in [1.165, 1.54) is 70.0 Å². The van der Waals surface area contributed by atoms with Crippen LogP contribution in [0.25, 0.3) is 0 Å². The molecule has 1 rings (SSSR count). The molecule has 0 aromatic rings. The highest BCUT2D eigenvalue weighted by molar-refractivity contribution is 5.83. The number of amidine groups is 1. The van der Waals surface area contributed by atoms with Gasteiger partial charge < -0.3 is 5.32 Å². The number of rotatable bonds is 10. The first kappa shape index (κ1) is 14.5. The first-order valence-corrected chi connectivity index (χ1v) is 7.63. The summed E-state index contributed by atoms with van der Waals surface area (Å²) >= 11 is 0. The fourth-order valence-electron chi connectivity index (χ4n) is 2.38. The average Bonchev–Trinajstić information content (AvgIpc) is 2.73. The Labute approximate surface area is 107 Å². The Morgan fingerprint density at radius 3 is 2.12 bits per heavy atom. The number of unbranched alkanes of at least 4 members (excludes halogenated alkanes) is 8. The zero-order valence-corrected chi connectivity index (χ0v) is 11.8. The van der Waals surface area contributed by atoms with Crippen molar-refractivity contribution in [2.45, 2.75) is 84.1 Å². The van der Waals surface area contributed by atoms with Crippen molar-refractivity contribution in [1.29, 1.82) is 0 Å². The van der Waals surface area contributed by atoms with E-state index in [4.69, 9.17) is 0 Å². The van der Waals surface area contributed by atoms with E-state index in [0.717, 1.165) is 6.54 Å². The maximum absolute atomic E-state index is 4.56. The Morgan fingerprint density at radius 1 is 1.00 bits per heavy atom. The van der Waals surface area contributed by atoms with Gasteiger partial charge in [0.2, 0.25) is 0 Å². The van der Waals surface area contributed by atoms with Crippen LogP contribution < -0.4 is 5.32 Å². The topological polar surface area (TPSA) is 24.4 Å². The van der Waals surface area contributed by atoms with Crippen LogP contribution in [-0.2, 0) is 0 Å². The van der Waals surface area contributed by atoms with Crippen LogP contribution in [0, 0.1) is 0 Å². The van der Waals surface area contributed by atoms with Gasteiger partial charge in [-0.3, -0.25) is 4.99 Å². The summed E-state index contributed by atoms with van der Waals surface area (Å²) in [5.74, 6) is 1.25. The first-order valence-electron chi connectivity index (χ1n) is 7.63. The van der Waals surface area contributed by atoms with Crippen LogP contribution in [0.3, 0.4) is 0 Å². The molecule has 1 atom stereocenters. The molecule has 0 aliphatic carbocycles. The summed E-state index contributed by atoms with van der Waals surface area (Å²) in [7, 11) is 0. The maximum Gasteiger partial charge on any atom is 0.0967 e. The molecule has 2 nitrogen and oxygen atoms in total. The molecule has 0 bridgehead atoms. The summed E-state index contributed by atoms with van der Waals surface area (Å²) in [4.78, 5) is 4.56. The SMILES string of the molecule is CCCCCCCCCCCC1=NC(C)CN1. The van der Waals surface area contributed by atoms with Crippen LogP contribution in [0.15, 0.2) is 4.99 Å². The number of nitrogens with one attached hydrogen (secondary N) is 1. The molecule has 0 spiro atoms. The van der Waals surface area contributed by atoms with Crippen molar-refractivity contribution < 1.29 is 0 Å². The lowest BCUT2D eigenvalue weighted by Gasteiger charge is -2.03. The van der Waals surface area contributed by atoms with E-state index in [1.54, 1.807) is 0 Å². The smallest absolute Gasteiger partial charge is 0.0967 e. The van der Waals surface area contributed by atoms with Crippen LogP contribution in [-0.4, -0.2) is 18.4 Å². The lowest BCUT2D eigenvalue weighted by atomic mass is 10.1. The van der Waals surface area contributed by atoms with Crippen molar-refractivity contribution in [2.75, 3.05) is 6.54 Å². The molecule has 0 radical (unpaired) electrons. The number of nitrogens with zero attached hydrogens (tertiary/aromatic N) is 1. The van der Waals surface area contributed by atoms with E-state index >= 15 is 0 Å². The average molecular weight is 238 g/mol. The van der Waals surface area contributed by atoms with E-state index in [2.05, 4.69) is 24.2 Å². The molecule has 0 amide bonds. The highest BCUT2D eigenvalue weighted by Crippen LogP contribution is 2.11. The van der Waals surface area contributed by atoms with Gasteiger partial charge in [0.25, 0.3) is 0 Å². The zero-order valence-electron chi connectivity index (χ0n) is 11.8. The Balaban J connectivity index is 1.80. The second-order valence-corrected chi connectivity index (χ2v) is 5.38. The van der Waals surface area contributed by atoms with Crippen molar-refractivity contribution >= 4 is 5.84 Å². The number of hydrogen-bond acceptors (Lipinski definition) is 2. The molecule has 2 heteroatoms. The van der Waals surface area contributed by atoms with Crippen LogP contribution in [0.5, 0.6) is 0 Å². The van der Waals surface area contributed by atoms with E-state index in [0.29, 0.717) is 6.04 Å². The minimum absolute atomic E-state index is 0.503. The molecule has 17 heavy (non-hydrogen) atoms. The molecule has 0 saturated carbocycles. The van der Waals surface area contributed by atoms with Crippen LogP contribution in [0.4, 0.5) is 0 Å². The second-order valence-electron chi connectivity index (χ2n) is 5.38. The molecule has 0 saturated heterocycles. The van der Waals surface area contributed by atoms with E-state index in [1.807, 2.05) is 0 Å². The van der Waals surface area contributed by atoms with E-state index < -0.39 is 0 Å². The van der Waals surface area contributed by atoms with Crippen LogP contribution >= 0.6 is 0 Å². The normalized spacial score (nSPS) is 19.2. The third-order valence-electron chi connectivity index (χ3n) is 3.49. The molecule has 1 N–H and O–H groups in total. The quantitative estimate of drug-likeness (QED) is 0.564. The molecule has 0 fully saturated rings. The molecule has 1 heterocycles. The summed E-state index contributed by atoms with van der Waals surface area (Å²) in [5.41, 5.74) is 0. The summed E-state index contributed by atoms with van der Waals surface area (Å²) in [6.07, 6.45) is 13.8. The Hall–Kier alpha value is -0.530. The predicted octanol–water partition coefficient (Wildman–Crippen LogP) is 4.30. The Kier molecular flexibility index (Phi) is 8.12. The minimum atomic E-state index is 0.503. The molecule has 100 valence electrons. The van der Waals surface area contributed by atoms with Gasteiger partial charge in [-0.25, -0.2) is 0 Å². The van der Waals surface area contributed by atoms with Gasteiger partial charge in [0.15, 0.2) is 0 Å². The fraction of sp³-hybridized carbons (Fsp3) is 0.933. The van der Waals surface area contributed by atoms with Crippen molar-refractivity contribution in [1.82, 2.24) is 5.32 Å². The molecule has 0 aromatic carbocycles. The van der Waals surface area contributed by atoms with Gasteiger partial charge in [-0.1, -0.05) is 58.3 Å². The molecule has 1 aliphatic rings. The second kappa shape index (κ2) is 9.49. The summed E-state index contributed by atoms with van der Waals surface area (Å²) in [5, 5.41) is 3.38. The zero-order chi connectivity index (χ0) is 12.3. The molecular formula is C15H30N2. The van der Waals surface area contributed by atoms with Crippen LogP contribution in [0.1, 0.15) is 78.1 Å². The predicted molar refractivity (Wildman–Crippen MR) is 76.7 cm³/mol. The van der Waals surface area contributed by atoms with Gasteiger partial charge in [0.1, 0.15) is 0 Å². The minimum Gasteiger partial charge on any atom is -0.372 e. The standard InChI is InChI=1S/C15H30N2/c1-3-4-5-6-7-8-9-10-11-12-15-16-13-14(2)17-15/h14H,3-13H2,1-2H3,(H,16,17). The summed E-state index contributed by atoms with van der Waals surface area (Å²) in [6, 6.07) is 0.503.